The molecule has 2 aromatic carbocycles. The Labute approximate surface area is 159 Å². The zero-order valence-electron chi connectivity index (χ0n) is 16.2. The first-order valence-electron chi connectivity index (χ1n) is 9.11. The molecule has 2 amide bonds. The number of carbonyl (C=O) groups is 1. The molecule has 6 nitrogen and oxygen atoms in total. The van der Waals surface area contributed by atoms with Gasteiger partial charge in [0.15, 0.2) is 0 Å². The van der Waals surface area contributed by atoms with Gasteiger partial charge in [0.1, 0.15) is 5.75 Å². The molecule has 0 saturated heterocycles. The quantitative estimate of drug-likeness (QED) is 0.627. The first-order chi connectivity index (χ1) is 13.0. The van der Waals surface area contributed by atoms with Crippen LogP contribution in [0.3, 0.4) is 0 Å². The number of methoxy groups -OCH3 is 1. The maximum absolute atomic E-state index is 11.8. The van der Waals surface area contributed by atoms with Crippen LogP contribution in [0.2, 0.25) is 0 Å². The molecule has 0 bridgehead atoms. The average Bonchev–Trinajstić information content (AvgIpc) is 2.94. The highest BCUT2D eigenvalue weighted by Crippen LogP contribution is 2.38. The number of carbonyl (C=O) groups excluding carboxylic acids is 1. The Bertz CT molecular complexity index is 992. The average molecular weight is 366 g/mol. The molecule has 0 aliphatic rings. The highest BCUT2D eigenvalue weighted by molar-refractivity contribution is 6.01. The van der Waals surface area contributed by atoms with E-state index in [0.717, 1.165) is 51.4 Å². The Kier molecular flexibility index (Phi) is 5.26. The fraction of sp³-hybridized carbons (Fsp3) is 0.286. The first kappa shape index (κ1) is 18.6. The molecule has 0 fully saturated rings. The lowest BCUT2D eigenvalue weighted by molar-refractivity contribution is 0.252. The topological polar surface area (TPSA) is 81.3 Å². The number of nitrogens with one attached hydrogen (secondary N) is 2. The molecular formula is C21H26N4O2. The molecular weight excluding hydrogens is 340 g/mol. The van der Waals surface area contributed by atoms with Crippen LogP contribution in [0.5, 0.6) is 5.75 Å². The molecule has 27 heavy (non-hydrogen) atoms. The van der Waals surface area contributed by atoms with Gasteiger partial charge in [-0.15, -0.1) is 0 Å². The van der Waals surface area contributed by atoms with Crippen LogP contribution in [0.1, 0.15) is 19.4 Å². The van der Waals surface area contributed by atoms with Crippen molar-refractivity contribution in [3.63, 3.8) is 0 Å². The highest BCUT2D eigenvalue weighted by atomic mass is 16.5. The van der Waals surface area contributed by atoms with Crippen molar-refractivity contribution >= 4 is 28.3 Å². The largest absolute Gasteiger partial charge is 0.497 e. The highest BCUT2D eigenvalue weighted by Gasteiger charge is 2.17. The smallest absolute Gasteiger partial charge is 0.319 e. The van der Waals surface area contributed by atoms with Gasteiger partial charge in [-0.1, -0.05) is 6.07 Å². The van der Waals surface area contributed by atoms with Gasteiger partial charge in [0, 0.05) is 35.8 Å². The number of aryl methyl sites for hydroxylation is 2. The monoisotopic (exact) mass is 366 g/mol. The van der Waals surface area contributed by atoms with Crippen molar-refractivity contribution in [2.75, 3.05) is 24.7 Å². The van der Waals surface area contributed by atoms with Crippen LogP contribution in [-0.2, 0) is 6.54 Å². The summed E-state index contributed by atoms with van der Waals surface area (Å²) in [5.74, 6) is 0.805. The van der Waals surface area contributed by atoms with E-state index in [2.05, 4.69) is 28.2 Å². The van der Waals surface area contributed by atoms with Crippen LogP contribution in [0.15, 0.2) is 36.4 Å². The zero-order chi connectivity index (χ0) is 19.6. The predicted molar refractivity (Wildman–Crippen MR) is 111 cm³/mol. The van der Waals surface area contributed by atoms with Crippen LogP contribution in [0, 0.1) is 6.92 Å². The normalized spacial score (nSPS) is 10.8. The van der Waals surface area contributed by atoms with Crippen molar-refractivity contribution in [1.29, 1.82) is 0 Å². The number of nitrogens with two attached hydrogens (primary N) is 1. The van der Waals surface area contributed by atoms with Gasteiger partial charge >= 0.3 is 6.03 Å². The van der Waals surface area contributed by atoms with E-state index in [1.54, 1.807) is 7.11 Å². The Balaban J connectivity index is 2.08. The number of nitrogen functional groups attached to an aromatic ring is 1. The van der Waals surface area contributed by atoms with Crippen LogP contribution >= 0.6 is 0 Å². The summed E-state index contributed by atoms with van der Waals surface area (Å²) in [5.41, 5.74) is 12.1. The number of hydrogen-bond donors (Lipinski definition) is 3. The molecule has 0 radical (unpaired) electrons. The molecule has 0 atom stereocenters. The summed E-state index contributed by atoms with van der Waals surface area (Å²) in [6.07, 6.45) is 0. The Hall–Kier alpha value is -3.15. The molecule has 0 aliphatic carbocycles. The van der Waals surface area contributed by atoms with Crippen molar-refractivity contribution in [3.8, 4) is 17.0 Å². The second-order valence-electron chi connectivity index (χ2n) is 6.40. The number of nitrogens with zero attached hydrogens (tertiary/aromatic N) is 1. The van der Waals surface area contributed by atoms with Crippen molar-refractivity contribution in [1.82, 2.24) is 9.88 Å². The van der Waals surface area contributed by atoms with Gasteiger partial charge in [0.2, 0.25) is 0 Å². The molecule has 1 aromatic heterocycles. The second-order valence-corrected chi connectivity index (χ2v) is 6.40. The Morgan fingerprint density at radius 1 is 1.19 bits per heavy atom. The number of anilines is 2. The lowest BCUT2D eigenvalue weighted by Gasteiger charge is -2.13. The number of amides is 2. The molecule has 3 aromatic rings. The molecule has 0 saturated carbocycles. The van der Waals surface area contributed by atoms with E-state index >= 15 is 0 Å². The number of rotatable bonds is 5. The third-order valence-electron chi connectivity index (χ3n) is 4.71. The second kappa shape index (κ2) is 7.61. The number of hydrogen-bond acceptors (Lipinski definition) is 3. The first-order valence-corrected chi connectivity index (χ1v) is 9.11. The maximum atomic E-state index is 11.8. The molecule has 3 rings (SSSR count). The number of benzene rings is 2. The van der Waals surface area contributed by atoms with Gasteiger partial charge in [-0.3, -0.25) is 0 Å². The minimum atomic E-state index is -0.206. The SMILES string of the molecule is CCNC(=O)Nc1ccc(-c2c(N)c3ccc(OC)cc3n2CC)cc1C. The van der Waals surface area contributed by atoms with Crippen molar-refractivity contribution in [2.24, 2.45) is 0 Å². The van der Waals surface area contributed by atoms with Crippen LogP contribution < -0.4 is 21.1 Å². The molecule has 0 unspecified atom stereocenters. The van der Waals surface area contributed by atoms with Gasteiger partial charge in [-0.25, -0.2) is 4.79 Å². The molecule has 0 spiro atoms. The standard InChI is InChI=1S/C21H26N4O2/c1-5-23-21(26)24-17-10-7-14(11-13(17)3)20-19(22)16-9-8-15(27-4)12-18(16)25(20)6-2/h7-12H,5-6,22H2,1-4H3,(H2,23,24,26). The van der Waals surface area contributed by atoms with Crippen LogP contribution in [-0.4, -0.2) is 24.3 Å². The lowest BCUT2D eigenvalue weighted by atomic mass is 10.1. The summed E-state index contributed by atoms with van der Waals surface area (Å²) in [6.45, 7) is 7.33. The summed E-state index contributed by atoms with van der Waals surface area (Å²) >= 11 is 0. The minimum Gasteiger partial charge on any atom is -0.497 e. The summed E-state index contributed by atoms with van der Waals surface area (Å²) in [5, 5.41) is 6.62. The lowest BCUT2D eigenvalue weighted by Crippen LogP contribution is -2.28. The fourth-order valence-electron chi connectivity index (χ4n) is 3.40. The van der Waals surface area contributed by atoms with Crippen molar-refractivity contribution in [2.45, 2.75) is 27.3 Å². The van der Waals surface area contributed by atoms with Crippen molar-refractivity contribution < 1.29 is 9.53 Å². The van der Waals surface area contributed by atoms with Gasteiger partial charge < -0.3 is 25.7 Å². The van der Waals surface area contributed by atoms with Crippen LogP contribution in [0.4, 0.5) is 16.2 Å². The summed E-state index contributed by atoms with van der Waals surface area (Å²) < 4.78 is 7.56. The molecule has 0 aliphatic heterocycles. The molecule has 1 heterocycles. The van der Waals surface area contributed by atoms with E-state index < -0.39 is 0 Å². The van der Waals surface area contributed by atoms with Gasteiger partial charge in [-0.2, -0.15) is 0 Å². The molecule has 142 valence electrons. The van der Waals surface area contributed by atoms with Gasteiger partial charge in [0.05, 0.1) is 24.0 Å². The summed E-state index contributed by atoms with van der Waals surface area (Å²) in [6, 6.07) is 11.7. The molecule has 4 N–H and O–H groups in total. The van der Waals surface area contributed by atoms with Crippen molar-refractivity contribution in [3.05, 3.63) is 42.0 Å². The minimum absolute atomic E-state index is 0.206. The number of urea groups is 1. The summed E-state index contributed by atoms with van der Waals surface area (Å²) in [7, 11) is 1.66. The van der Waals surface area contributed by atoms with E-state index in [9.17, 15) is 4.79 Å². The number of aromatic nitrogens is 1. The summed E-state index contributed by atoms with van der Waals surface area (Å²) in [4.78, 5) is 11.8. The van der Waals surface area contributed by atoms with E-state index in [-0.39, 0.29) is 6.03 Å². The van der Waals surface area contributed by atoms with E-state index in [1.807, 2.05) is 44.2 Å². The van der Waals surface area contributed by atoms with E-state index in [0.29, 0.717) is 6.54 Å². The zero-order valence-corrected chi connectivity index (χ0v) is 16.2. The third-order valence-corrected chi connectivity index (χ3v) is 4.71. The molecule has 6 heteroatoms. The van der Waals surface area contributed by atoms with E-state index in [1.165, 1.54) is 0 Å². The third kappa shape index (κ3) is 3.43. The van der Waals surface area contributed by atoms with Crippen LogP contribution in [0.25, 0.3) is 22.2 Å². The van der Waals surface area contributed by atoms with Gasteiger partial charge in [-0.05, 0) is 50.6 Å². The van der Waals surface area contributed by atoms with E-state index in [4.69, 9.17) is 10.5 Å². The fourth-order valence-corrected chi connectivity index (χ4v) is 3.40. The number of fused-ring (bicyclic) bond motifs is 1. The van der Waals surface area contributed by atoms with Gasteiger partial charge in [0.25, 0.3) is 0 Å². The maximum Gasteiger partial charge on any atom is 0.319 e. The predicted octanol–water partition coefficient (Wildman–Crippen LogP) is 4.37. The Morgan fingerprint density at radius 2 is 1.96 bits per heavy atom. The Morgan fingerprint density at radius 3 is 2.59 bits per heavy atom. The number of ether oxygens (including phenoxy) is 1.